The van der Waals surface area contributed by atoms with Gasteiger partial charge in [-0.05, 0) is 36.6 Å². The second kappa shape index (κ2) is 7.34. The zero-order valence-corrected chi connectivity index (χ0v) is 15.9. The van der Waals surface area contributed by atoms with Gasteiger partial charge in [-0.15, -0.1) is 0 Å². The summed E-state index contributed by atoms with van der Waals surface area (Å²) < 4.78 is 26.8. The summed E-state index contributed by atoms with van der Waals surface area (Å²) in [6, 6.07) is 14.1. The van der Waals surface area contributed by atoms with Crippen LogP contribution in [0.1, 0.15) is 42.6 Å². The second-order valence-electron chi connectivity index (χ2n) is 7.70. The molecule has 4 nitrogen and oxygen atoms in total. The van der Waals surface area contributed by atoms with E-state index < -0.39 is 17.3 Å². The Morgan fingerprint density at radius 1 is 1.00 bits per heavy atom. The molecule has 148 valence electrons. The lowest BCUT2D eigenvalue weighted by atomic mass is 9.84. The van der Waals surface area contributed by atoms with Crippen molar-refractivity contribution in [2.45, 2.75) is 38.0 Å². The predicted octanol–water partition coefficient (Wildman–Crippen LogP) is 4.59. The lowest BCUT2D eigenvalue weighted by Crippen LogP contribution is -2.42. The van der Waals surface area contributed by atoms with Crippen molar-refractivity contribution in [3.05, 3.63) is 59.7 Å². The van der Waals surface area contributed by atoms with E-state index in [0.29, 0.717) is 16.7 Å². The van der Waals surface area contributed by atoms with Gasteiger partial charge in [-0.2, -0.15) is 0 Å². The van der Waals surface area contributed by atoms with Gasteiger partial charge in [-0.1, -0.05) is 42.5 Å². The van der Waals surface area contributed by atoms with Gasteiger partial charge in [-0.3, -0.25) is 9.59 Å². The van der Waals surface area contributed by atoms with Crippen LogP contribution in [0.5, 0.6) is 0 Å². The number of benzene rings is 2. The number of piperidine rings is 1. The van der Waals surface area contributed by atoms with Crippen LogP contribution in [-0.4, -0.2) is 40.9 Å². The molecule has 6 heteroatoms. The summed E-state index contributed by atoms with van der Waals surface area (Å²) in [5, 5.41) is 9.38. The molecule has 0 saturated carbocycles. The highest BCUT2D eigenvalue weighted by Gasteiger charge is 2.36. The molecule has 0 spiro atoms. The largest absolute Gasteiger partial charge is 0.481 e. The number of nitrogens with zero attached hydrogens (tertiary/aromatic N) is 1. The number of carbonyl (C=O) groups excluding carboxylic acids is 1. The van der Waals surface area contributed by atoms with Crippen LogP contribution in [0.2, 0.25) is 0 Å². The fourth-order valence-corrected chi connectivity index (χ4v) is 3.32. The molecule has 1 aliphatic rings. The fraction of sp³-hybridized carbons (Fsp3) is 0.364. The van der Waals surface area contributed by atoms with Crippen LogP contribution in [-0.2, 0) is 10.2 Å². The Balaban J connectivity index is 1.89. The number of likely N-dealkylation sites (tertiary alicyclic amines) is 1. The van der Waals surface area contributed by atoms with Crippen molar-refractivity contribution >= 4 is 11.9 Å². The van der Waals surface area contributed by atoms with Gasteiger partial charge in [0.2, 0.25) is 0 Å². The van der Waals surface area contributed by atoms with Crippen LogP contribution in [0.4, 0.5) is 8.78 Å². The summed E-state index contributed by atoms with van der Waals surface area (Å²) in [5.41, 5.74) is 1.57. The highest BCUT2D eigenvalue weighted by molar-refractivity contribution is 6.01. The summed E-state index contributed by atoms with van der Waals surface area (Å²) in [7, 11) is 0. The highest BCUT2D eigenvalue weighted by Crippen LogP contribution is 2.32. The van der Waals surface area contributed by atoms with E-state index in [1.54, 1.807) is 50.2 Å². The van der Waals surface area contributed by atoms with Crippen molar-refractivity contribution in [3.8, 4) is 11.1 Å². The summed E-state index contributed by atoms with van der Waals surface area (Å²) in [6.07, 6.45) is -0.639. The first kappa shape index (κ1) is 20.0. The molecule has 28 heavy (non-hydrogen) atoms. The molecule has 0 bridgehead atoms. The molecule has 3 rings (SSSR count). The molecule has 1 heterocycles. The Labute approximate surface area is 162 Å². The van der Waals surface area contributed by atoms with E-state index in [-0.39, 0.29) is 31.8 Å². The van der Waals surface area contributed by atoms with E-state index in [4.69, 9.17) is 0 Å². The molecular formula is C22H23F2NO3. The SMILES string of the molecule is CC(C)(C(=O)O)c1ccc(-c2ccccc2C(=O)N2CCC(F)(F)CC2)cc1. The molecule has 0 radical (unpaired) electrons. The maximum absolute atomic E-state index is 13.4. The average Bonchev–Trinajstić information content (AvgIpc) is 2.67. The van der Waals surface area contributed by atoms with E-state index in [2.05, 4.69) is 0 Å². The first-order chi connectivity index (χ1) is 13.1. The van der Waals surface area contributed by atoms with Gasteiger partial charge in [0.1, 0.15) is 0 Å². The van der Waals surface area contributed by atoms with Crippen LogP contribution in [0, 0.1) is 0 Å². The molecule has 0 aliphatic carbocycles. The Morgan fingerprint density at radius 2 is 1.57 bits per heavy atom. The van der Waals surface area contributed by atoms with Crippen molar-refractivity contribution < 1.29 is 23.5 Å². The Bertz CT molecular complexity index is 881. The highest BCUT2D eigenvalue weighted by atomic mass is 19.3. The molecule has 0 aromatic heterocycles. The number of halogens is 2. The van der Waals surface area contributed by atoms with Gasteiger partial charge in [0.25, 0.3) is 11.8 Å². The zero-order chi connectivity index (χ0) is 20.5. The van der Waals surface area contributed by atoms with Crippen molar-refractivity contribution in [2.24, 2.45) is 0 Å². The van der Waals surface area contributed by atoms with Crippen molar-refractivity contribution in [1.29, 1.82) is 0 Å². The molecule has 1 aliphatic heterocycles. The zero-order valence-electron chi connectivity index (χ0n) is 15.9. The minimum absolute atomic E-state index is 0.0336. The number of carbonyl (C=O) groups is 2. The van der Waals surface area contributed by atoms with Crippen LogP contribution in [0.15, 0.2) is 48.5 Å². The van der Waals surface area contributed by atoms with Crippen molar-refractivity contribution in [3.63, 3.8) is 0 Å². The van der Waals surface area contributed by atoms with Crippen molar-refractivity contribution in [1.82, 2.24) is 4.90 Å². The number of rotatable bonds is 4. The van der Waals surface area contributed by atoms with Gasteiger partial charge in [0.15, 0.2) is 0 Å². The standard InChI is InChI=1S/C22H23F2NO3/c1-21(2,20(27)28)16-9-7-15(8-10-16)17-5-3-4-6-18(17)19(26)25-13-11-22(23,24)12-14-25/h3-10H,11-14H2,1-2H3,(H,27,28). The molecule has 2 aromatic rings. The number of carboxylic acid groups (broad SMARTS) is 1. The van der Waals surface area contributed by atoms with E-state index in [0.717, 1.165) is 5.56 Å². The van der Waals surface area contributed by atoms with Gasteiger partial charge in [0, 0.05) is 31.5 Å². The lowest BCUT2D eigenvalue weighted by molar-refractivity contribution is -0.142. The van der Waals surface area contributed by atoms with Gasteiger partial charge in [-0.25, -0.2) is 8.78 Å². The third-order valence-corrected chi connectivity index (χ3v) is 5.39. The van der Waals surface area contributed by atoms with E-state index >= 15 is 0 Å². The summed E-state index contributed by atoms with van der Waals surface area (Å²) >= 11 is 0. The van der Waals surface area contributed by atoms with Crippen LogP contribution >= 0.6 is 0 Å². The van der Waals surface area contributed by atoms with Gasteiger partial charge in [0.05, 0.1) is 5.41 Å². The number of aliphatic carboxylic acids is 1. The number of hydrogen-bond acceptors (Lipinski definition) is 2. The quantitative estimate of drug-likeness (QED) is 0.835. The molecule has 1 saturated heterocycles. The number of carboxylic acids is 1. The minimum atomic E-state index is -2.71. The molecule has 0 unspecified atom stereocenters. The third-order valence-electron chi connectivity index (χ3n) is 5.39. The predicted molar refractivity (Wildman–Crippen MR) is 103 cm³/mol. The molecule has 2 aromatic carbocycles. The maximum Gasteiger partial charge on any atom is 0.313 e. The van der Waals surface area contributed by atoms with Crippen LogP contribution in [0.25, 0.3) is 11.1 Å². The molecule has 0 atom stereocenters. The molecular weight excluding hydrogens is 364 g/mol. The van der Waals surface area contributed by atoms with Gasteiger partial charge < -0.3 is 10.0 Å². The first-order valence-electron chi connectivity index (χ1n) is 9.22. The summed E-state index contributed by atoms with van der Waals surface area (Å²) in [5.74, 6) is -3.89. The third kappa shape index (κ3) is 3.91. The minimum Gasteiger partial charge on any atom is -0.481 e. The summed E-state index contributed by atoms with van der Waals surface area (Å²) in [4.78, 5) is 25.8. The monoisotopic (exact) mass is 387 g/mol. The smallest absolute Gasteiger partial charge is 0.313 e. The number of amides is 1. The maximum atomic E-state index is 13.4. The average molecular weight is 387 g/mol. The number of alkyl halides is 2. The lowest BCUT2D eigenvalue weighted by Gasteiger charge is -2.32. The first-order valence-corrected chi connectivity index (χ1v) is 9.22. The second-order valence-corrected chi connectivity index (χ2v) is 7.70. The molecule has 1 amide bonds. The topological polar surface area (TPSA) is 57.6 Å². The Kier molecular flexibility index (Phi) is 5.24. The Morgan fingerprint density at radius 3 is 2.14 bits per heavy atom. The summed E-state index contributed by atoms with van der Waals surface area (Å²) in [6.45, 7) is 3.33. The molecule has 1 fully saturated rings. The normalized spacial score (nSPS) is 16.6. The van der Waals surface area contributed by atoms with Crippen molar-refractivity contribution in [2.75, 3.05) is 13.1 Å². The van der Waals surface area contributed by atoms with E-state index in [1.165, 1.54) is 4.90 Å². The van der Waals surface area contributed by atoms with Gasteiger partial charge >= 0.3 is 5.97 Å². The Hall–Kier alpha value is -2.76. The number of hydrogen-bond donors (Lipinski definition) is 1. The van der Waals surface area contributed by atoms with E-state index in [9.17, 15) is 23.5 Å². The fourth-order valence-electron chi connectivity index (χ4n) is 3.32. The van der Waals surface area contributed by atoms with Crippen LogP contribution < -0.4 is 0 Å². The van der Waals surface area contributed by atoms with E-state index in [1.807, 2.05) is 12.1 Å². The molecule has 1 N–H and O–H groups in total. The van der Waals surface area contributed by atoms with Crippen LogP contribution in [0.3, 0.4) is 0 Å².